The first-order valence-electron chi connectivity index (χ1n) is 4.13. The third-order valence-corrected chi connectivity index (χ3v) is 1.61. The molecule has 0 spiro atoms. The molecule has 14 heavy (non-hydrogen) atoms. The molecule has 0 amide bonds. The van der Waals surface area contributed by atoms with Crippen LogP contribution in [0.3, 0.4) is 0 Å². The Balaban J connectivity index is 2.93. The van der Waals surface area contributed by atoms with Crippen molar-refractivity contribution in [1.82, 2.24) is 0 Å². The van der Waals surface area contributed by atoms with Crippen molar-refractivity contribution in [1.29, 1.82) is 0 Å². The van der Waals surface area contributed by atoms with E-state index in [0.29, 0.717) is 0 Å². The van der Waals surface area contributed by atoms with E-state index in [1.165, 1.54) is 24.3 Å². The highest BCUT2D eigenvalue weighted by Crippen LogP contribution is 2.06. The van der Waals surface area contributed by atoms with Crippen LogP contribution in [0.5, 0.6) is 0 Å². The van der Waals surface area contributed by atoms with Gasteiger partial charge in [0.05, 0.1) is 17.7 Å². The van der Waals surface area contributed by atoms with Gasteiger partial charge < -0.3 is 4.74 Å². The maximum Gasteiger partial charge on any atom is 0.386 e. The predicted octanol–water partition coefficient (Wildman–Crippen LogP) is 1.43. The van der Waals surface area contributed by atoms with Gasteiger partial charge in [-0.15, -0.1) is 0 Å². The summed E-state index contributed by atoms with van der Waals surface area (Å²) < 4.78 is 4.71. The molecule has 0 atom stereocenters. The fraction of sp³-hybridized carbons (Fsp3) is 0.200. The molecule has 1 aromatic rings. The lowest BCUT2D eigenvalue weighted by Gasteiger charge is -2.01. The van der Waals surface area contributed by atoms with E-state index in [1.807, 2.05) is 0 Å². The molecule has 0 aromatic heterocycles. The first-order chi connectivity index (χ1) is 6.65. The zero-order valence-electron chi connectivity index (χ0n) is 7.65. The highest BCUT2D eigenvalue weighted by Gasteiger charge is 2.10. The molecule has 0 aliphatic rings. The highest BCUT2D eigenvalue weighted by molar-refractivity contribution is 5.94. The van der Waals surface area contributed by atoms with E-state index in [0.717, 1.165) is 0 Å². The SMILES string of the molecule is CCOC(=O)c1cccc(C([O])=O)c1. The van der Waals surface area contributed by atoms with E-state index < -0.39 is 11.9 Å². The number of rotatable bonds is 3. The summed E-state index contributed by atoms with van der Waals surface area (Å²) in [5, 5.41) is 10.5. The lowest BCUT2D eigenvalue weighted by atomic mass is 10.1. The Labute approximate surface area is 81.1 Å². The van der Waals surface area contributed by atoms with Gasteiger partial charge >= 0.3 is 11.9 Å². The van der Waals surface area contributed by atoms with Gasteiger partial charge in [-0.3, -0.25) is 0 Å². The molecular formula is C10H9O4. The van der Waals surface area contributed by atoms with Crippen molar-refractivity contribution in [2.75, 3.05) is 6.61 Å². The fourth-order valence-electron chi connectivity index (χ4n) is 0.988. The largest absolute Gasteiger partial charge is 0.462 e. The minimum Gasteiger partial charge on any atom is -0.462 e. The van der Waals surface area contributed by atoms with Gasteiger partial charge in [-0.1, -0.05) is 6.07 Å². The third kappa shape index (κ3) is 2.32. The first kappa shape index (κ1) is 10.2. The molecule has 0 aliphatic heterocycles. The van der Waals surface area contributed by atoms with Crippen molar-refractivity contribution in [3.63, 3.8) is 0 Å². The highest BCUT2D eigenvalue weighted by atomic mass is 16.5. The maximum absolute atomic E-state index is 11.2. The summed E-state index contributed by atoms with van der Waals surface area (Å²) in [4.78, 5) is 21.7. The molecule has 0 fully saturated rings. The van der Waals surface area contributed by atoms with Crippen molar-refractivity contribution < 1.29 is 19.4 Å². The van der Waals surface area contributed by atoms with E-state index in [1.54, 1.807) is 6.92 Å². The molecule has 0 saturated heterocycles. The van der Waals surface area contributed by atoms with E-state index in [9.17, 15) is 14.7 Å². The van der Waals surface area contributed by atoms with Gasteiger partial charge in [0.25, 0.3) is 0 Å². The fourth-order valence-corrected chi connectivity index (χ4v) is 0.988. The van der Waals surface area contributed by atoms with Crippen LogP contribution in [0.1, 0.15) is 27.6 Å². The molecule has 0 aliphatic carbocycles. The Kier molecular flexibility index (Phi) is 3.23. The summed E-state index contributed by atoms with van der Waals surface area (Å²) >= 11 is 0. The van der Waals surface area contributed by atoms with Crippen molar-refractivity contribution in [3.05, 3.63) is 35.4 Å². The molecule has 0 N–H and O–H groups in total. The molecule has 73 valence electrons. The summed E-state index contributed by atoms with van der Waals surface area (Å²) in [6.45, 7) is 1.94. The van der Waals surface area contributed by atoms with Gasteiger partial charge in [0.2, 0.25) is 0 Å². The monoisotopic (exact) mass is 193 g/mol. The molecule has 0 unspecified atom stereocenters. The Morgan fingerprint density at radius 1 is 1.29 bits per heavy atom. The van der Waals surface area contributed by atoms with Crippen LogP contribution in [0, 0.1) is 0 Å². The average Bonchev–Trinajstić information content (AvgIpc) is 2.18. The van der Waals surface area contributed by atoms with Crippen molar-refractivity contribution >= 4 is 11.9 Å². The van der Waals surface area contributed by atoms with Gasteiger partial charge in [0.15, 0.2) is 0 Å². The van der Waals surface area contributed by atoms with Crippen LogP contribution in [0.4, 0.5) is 0 Å². The standard InChI is InChI=1S/C10H9O4/c1-2-14-10(13)8-5-3-4-7(6-8)9(11)12/h3-6H,2H2,1H3. The van der Waals surface area contributed by atoms with Crippen molar-refractivity contribution in [3.8, 4) is 0 Å². The minimum atomic E-state index is -1.31. The summed E-state index contributed by atoms with van der Waals surface area (Å²) in [6.07, 6.45) is 0. The second-order valence-corrected chi connectivity index (χ2v) is 2.59. The minimum absolute atomic E-state index is 0.0319. The molecule has 0 saturated carbocycles. The second-order valence-electron chi connectivity index (χ2n) is 2.59. The zero-order valence-corrected chi connectivity index (χ0v) is 7.65. The number of esters is 1. The summed E-state index contributed by atoms with van der Waals surface area (Å²) in [5.74, 6) is -1.84. The number of hydrogen-bond donors (Lipinski definition) is 0. The van der Waals surface area contributed by atoms with Crippen molar-refractivity contribution in [2.45, 2.75) is 6.92 Å². The molecule has 0 heterocycles. The van der Waals surface area contributed by atoms with Gasteiger partial charge in [-0.2, -0.15) is 0 Å². The third-order valence-electron chi connectivity index (χ3n) is 1.61. The van der Waals surface area contributed by atoms with Gasteiger partial charge in [-0.25, -0.2) is 14.7 Å². The predicted molar refractivity (Wildman–Crippen MR) is 47.4 cm³/mol. The van der Waals surface area contributed by atoms with Gasteiger partial charge in [0.1, 0.15) is 0 Å². The lowest BCUT2D eigenvalue weighted by Crippen LogP contribution is -2.06. The van der Waals surface area contributed by atoms with E-state index in [-0.39, 0.29) is 17.7 Å². The summed E-state index contributed by atoms with van der Waals surface area (Å²) in [6, 6.07) is 5.55. The molecule has 4 nitrogen and oxygen atoms in total. The number of carbonyl (C=O) groups is 2. The molecule has 4 heteroatoms. The maximum atomic E-state index is 11.2. The average molecular weight is 193 g/mol. The van der Waals surface area contributed by atoms with Crippen LogP contribution < -0.4 is 0 Å². The van der Waals surface area contributed by atoms with Crippen LogP contribution in [0.2, 0.25) is 0 Å². The van der Waals surface area contributed by atoms with Gasteiger partial charge in [0, 0.05) is 0 Å². The zero-order chi connectivity index (χ0) is 10.6. The summed E-state index contributed by atoms with van der Waals surface area (Å²) in [5.41, 5.74) is 0.184. The summed E-state index contributed by atoms with van der Waals surface area (Å²) in [7, 11) is 0. The van der Waals surface area contributed by atoms with Crippen molar-refractivity contribution in [2.24, 2.45) is 0 Å². The number of ether oxygens (including phenoxy) is 1. The quantitative estimate of drug-likeness (QED) is 0.682. The smallest absolute Gasteiger partial charge is 0.386 e. The molecule has 1 radical (unpaired) electrons. The Bertz CT molecular complexity index is 357. The van der Waals surface area contributed by atoms with E-state index in [2.05, 4.69) is 0 Å². The lowest BCUT2D eigenvalue weighted by molar-refractivity contribution is 0.0526. The Morgan fingerprint density at radius 3 is 2.50 bits per heavy atom. The van der Waals surface area contributed by atoms with Crippen LogP contribution in [-0.4, -0.2) is 18.5 Å². The van der Waals surface area contributed by atoms with Crippen LogP contribution in [0.25, 0.3) is 0 Å². The van der Waals surface area contributed by atoms with Crippen LogP contribution in [0.15, 0.2) is 24.3 Å². The van der Waals surface area contributed by atoms with Gasteiger partial charge in [-0.05, 0) is 25.1 Å². The van der Waals surface area contributed by atoms with E-state index in [4.69, 9.17) is 4.74 Å². The topological polar surface area (TPSA) is 63.3 Å². The molecule has 1 rings (SSSR count). The number of hydrogen-bond acceptors (Lipinski definition) is 3. The normalized spacial score (nSPS) is 9.50. The van der Waals surface area contributed by atoms with E-state index >= 15 is 0 Å². The Hall–Kier alpha value is -1.84. The molecule has 0 bridgehead atoms. The second kappa shape index (κ2) is 4.41. The van der Waals surface area contributed by atoms with Crippen LogP contribution in [-0.2, 0) is 9.84 Å². The van der Waals surface area contributed by atoms with Crippen LogP contribution >= 0.6 is 0 Å². The molecular weight excluding hydrogens is 184 g/mol. The Morgan fingerprint density at radius 2 is 1.93 bits per heavy atom. The first-order valence-corrected chi connectivity index (χ1v) is 4.13. The number of benzene rings is 1. The number of carbonyl (C=O) groups excluding carboxylic acids is 2. The molecule has 1 aromatic carbocycles.